The van der Waals surface area contributed by atoms with E-state index in [1.165, 1.54) is 6.42 Å². The van der Waals surface area contributed by atoms with Gasteiger partial charge in [0.1, 0.15) is 24.7 Å². The summed E-state index contributed by atoms with van der Waals surface area (Å²) in [6.07, 6.45) is 5.21. The zero-order chi connectivity index (χ0) is 25.9. The van der Waals surface area contributed by atoms with Gasteiger partial charge in [-0.15, -0.1) is 0 Å². The lowest BCUT2D eigenvalue weighted by Gasteiger charge is -2.20. The van der Waals surface area contributed by atoms with Gasteiger partial charge in [-0.25, -0.2) is 0 Å². The second-order valence-electron chi connectivity index (χ2n) is 8.84. The summed E-state index contributed by atoms with van der Waals surface area (Å²) in [5.41, 5.74) is 6.19. The molecule has 3 N–H and O–H groups in total. The van der Waals surface area contributed by atoms with Gasteiger partial charge in [-0.2, -0.15) is 0 Å². The summed E-state index contributed by atoms with van der Waals surface area (Å²) in [5, 5.41) is 2.92. The molecule has 3 aromatic carbocycles. The highest BCUT2D eigenvalue weighted by Gasteiger charge is 2.21. The van der Waals surface area contributed by atoms with Crippen molar-refractivity contribution in [1.29, 1.82) is 0 Å². The fraction of sp³-hybridized carbons (Fsp3) is 0.276. The Hall–Kier alpha value is -4.33. The van der Waals surface area contributed by atoms with Crippen LogP contribution in [0.25, 0.3) is 0 Å². The zero-order valence-electron chi connectivity index (χ0n) is 20.6. The largest absolute Gasteiger partial charge is 0.490 e. The molecule has 0 spiro atoms. The van der Waals surface area contributed by atoms with Gasteiger partial charge in [-0.1, -0.05) is 37.5 Å². The number of ether oxygens (including phenoxy) is 2. The van der Waals surface area contributed by atoms with Gasteiger partial charge in [0.05, 0.1) is 0 Å². The average Bonchev–Trinajstić information content (AvgIpc) is 2.95. The van der Waals surface area contributed by atoms with E-state index in [9.17, 15) is 14.4 Å². The Kier molecular flexibility index (Phi) is 9.12. The smallest absolute Gasteiger partial charge is 0.269 e. The molecule has 4 rings (SSSR count). The number of benzene rings is 3. The van der Waals surface area contributed by atoms with Crippen molar-refractivity contribution in [2.24, 2.45) is 5.92 Å². The Morgan fingerprint density at radius 2 is 1.16 bits per heavy atom. The fourth-order valence-electron chi connectivity index (χ4n) is 4.11. The van der Waals surface area contributed by atoms with Gasteiger partial charge in [0, 0.05) is 22.7 Å². The van der Waals surface area contributed by atoms with Crippen LogP contribution in [-0.4, -0.2) is 30.9 Å². The summed E-state index contributed by atoms with van der Waals surface area (Å²) in [5.74, 6) is 0.549. The first kappa shape index (κ1) is 25.8. The predicted molar refractivity (Wildman–Crippen MR) is 140 cm³/mol. The van der Waals surface area contributed by atoms with Crippen LogP contribution in [0.5, 0.6) is 11.5 Å². The summed E-state index contributed by atoms with van der Waals surface area (Å²) < 4.78 is 11.2. The minimum Gasteiger partial charge on any atom is -0.490 e. The zero-order valence-corrected chi connectivity index (χ0v) is 20.6. The van der Waals surface area contributed by atoms with Crippen LogP contribution in [0.2, 0.25) is 0 Å². The number of nitrogens with one attached hydrogen (secondary N) is 3. The highest BCUT2D eigenvalue weighted by Crippen LogP contribution is 2.25. The van der Waals surface area contributed by atoms with Gasteiger partial charge in [-0.3, -0.25) is 25.2 Å². The lowest BCUT2D eigenvalue weighted by Crippen LogP contribution is -2.41. The van der Waals surface area contributed by atoms with E-state index < -0.39 is 11.8 Å². The van der Waals surface area contributed by atoms with E-state index in [2.05, 4.69) is 16.2 Å². The van der Waals surface area contributed by atoms with E-state index >= 15 is 0 Å². The molecule has 0 heterocycles. The molecule has 0 bridgehead atoms. The fourth-order valence-corrected chi connectivity index (χ4v) is 4.11. The van der Waals surface area contributed by atoms with Gasteiger partial charge >= 0.3 is 0 Å². The van der Waals surface area contributed by atoms with Crippen molar-refractivity contribution in [2.45, 2.75) is 32.1 Å². The monoisotopic (exact) mass is 501 g/mol. The molecular formula is C29H31N3O5. The van der Waals surface area contributed by atoms with Crippen LogP contribution in [-0.2, 0) is 4.79 Å². The maximum atomic E-state index is 12.4. The van der Waals surface area contributed by atoms with Crippen molar-refractivity contribution in [3.8, 4) is 11.5 Å². The van der Waals surface area contributed by atoms with Crippen LogP contribution in [0.1, 0.15) is 52.8 Å². The Labute approximate surface area is 216 Å². The summed E-state index contributed by atoms with van der Waals surface area (Å²) in [7, 11) is 0. The maximum Gasteiger partial charge on any atom is 0.269 e. The van der Waals surface area contributed by atoms with E-state index in [1.54, 1.807) is 48.5 Å². The van der Waals surface area contributed by atoms with Crippen molar-refractivity contribution in [2.75, 3.05) is 18.5 Å². The Balaban J connectivity index is 1.18. The summed E-state index contributed by atoms with van der Waals surface area (Å²) >= 11 is 0. The molecule has 1 fully saturated rings. The number of carbonyl (C=O) groups excluding carboxylic acids is 3. The SMILES string of the molecule is O=C(NNC(=O)c1ccc(OCCOc2ccccc2)cc1)c1ccc(NC(=O)C2CCCCC2)cc1. The molecule has 37 heavy (non-hydrogen) atoms. The van der Waals surface area contributed by atoms with E-state index in [4.69, 9.17) is 9.47 Å². The van der Waals surface area contributed by atoms with Gasteiger partial charge in [0.2, 0.25) is 5.91 Å². The third-order valence-electron chi connectivity index (χ3n) is 6.16. The van der Waals surface area contributed by atoms with Crippen molar-refractivity contribution in [3.63, 3.8) is 0 Å². The van der Waals surface area contributed by atoms with Crippen molar-refractivity contribution in [1.82, 2.24) is 10.9 Å². The first-order chi connectivity index (χ1) is 18.1. The van der Waals surface area contributed by atoms with Gasteiger partial charge in [-0.05, 0) is 73.5 Å². The molecule has 192 valence electrons. The van der Waals surface area contributed by atoms with Crippen LogP contribution < -0.4 is 25.6 Å². The molecule has 1 aliphatic rings. The Morgan fingerprint density at radius 1 is 0.649 bits per heavy atom. The van der Waals surface area contributed by atoms with E-state index in [-0.39, 0.29) is 11.8 Å². The van der Waals surface area contributed by atoms with Crippen LogP contribution in [0.15, 0.2) is 78.9 Å². The molecule has 0 unspecified atom stereocenters. The van der Waals surface area contributed by atoms with Crippen LogP contribution in [0, 0.1) is 5.92 Å². The van der Waals surface area contributed by atoms with Gasteiger partial charge in [0.15, 0.2) is 0 Å². The van der Waals surface area contributed by atoms with E-state index in [0.717, 1.165) is 31.4 Å². The second-order valence-corrected chi connectivity index (χ2v) is 8.84. The third kappa shape index (κ3) is 7.83. The van der Waals surface area contributed by atoms with Crippen molar-refractivity contribution in [3.05, 3.63) is 90.0 Å². The Morgan fingerprint density at radius 3 is 1.73 bits per heavy atom. The van der Waals surface area contributed by atoms with Crippen molar-refractivity contribution < 1.29 is 23.9 Å². The first-order valence-corrected chi connectivity index (χ1v) is 12.5. The maximum absolute atomic E-state index is 12.4. The normalized spacial score (nSPS) is 13.3. The molecule has 0 atom stereocenters. The molecule has 0 saturated heterocycles. The number of anilines is 1. The second kappa shape index (κ2) is 13.1. The molecule has 8 nitrogen and oxygen atoms in total. The molecule has 8 heteroatoms. The number of rotatable bonds is 9. The quantitative estimate of drug-likeness (QED) is 0.290. The molecule has 1 aliphatic carbocycles. The number of amides is 3. The van der Waals surface area contributed by atoms with Crippen LogP contribution >= 0.6 is 0 Å². The molecule has 0 radical (unpaired) electrons. The predicted octanol–water partition coefficient (Wildman–Crippen LogP) is 4.74. The van der Waals surface area contributed by atoms with Crippen LogP contribution in [0.3, 0.4) is 0 Å². The van der Waals surface area contributed by atoms with E-state index in [1.807, 2.05) is 30.3 Å². The third-order valence-corrected chi connectivity index (χ3v) is 6.16. The molecule has 3 amide bonds. The van der Waals surface area contributed by atoms with Gasteiger partial charge < -0.3 is 14.8 Å². The highest BCUT2D eigenvalue weighted by molar-refractivity contribution is 5.99. The highest BCUT2D eigenvalue weighted by atomic mass is 16.5. The number of carbonyl (C=O) groups is 3. The lowest BCUT2D eigenvalue weighted by molar-refractivity contribution is -0.120. The number of para-hydroxylation sites is 1. The first-order valence-electron chi connectivity index (χ1n) is 12.5. The molecule has 1 saturated carbocycles. The van der Waals surface area contributed by atoms with Crippen LogP contribution in [0.4, 0.5) is 5.69 Å². The average molecular weight is 502 g/mol. The Bertz CT molecular complexity index is 1170. The summed E-state index contributed by atoms with van der Waals surface area (Å²) in [4.78, 5) is 37.2. The number of hydrogen-bond donors (Lipinski definition) is 3. The molecule has 3 aromatic rings. The van der Waals surface area contributed by atoms with E-state index in [0.29, 0.717) is 35.8 Å². The topological polar surface area (TPSA) is 106 Å². The van der Waals surface area contributed by atoms with Crippen molar-refractivity contribution >= 4 is 23.4 Å². The molecule has 0 aromatic heterocycles. The minimum absolute atomic E-state index is 0.0288. The van der Waals surface area contributed by atoms with Gasteiger partial charge in [0.25, 0.3) is 11.8 Å². The molecular weight excluding hydrogens is 470 g/mol. The summed E-state index contributed by atoms with van der Waals surface area (Å²) in [6.45, 7) is 0.756. The number of hydrogen-bond acceptors (Lipinski definition) is 5. The minimum atomic E-state index is -0.461. The summed E-state index contributed by atoms with van der Waals surface area (Å²) in [6, 6.07) is 22.6. The standard InChI is InChI=1S/C29H31N3O5/c33-27(21-7-3-1-4-8-21)30-24-15-11-22(12-16-24)28(34)31-32-29(35)23-13-17-26(18-14-23)37-20-19-36-25-9-5-2-6-10-25/h2,5-6,9-18,21H,1,3-4,7-8,19-20H2,(H,30,33)(H,31,34)(H,32,35). The number of hydrazine groups is 1. The molecule has 0 aliphatic heterocycles. The lowest BCUT2D eigenvalue weighted by atomic mass is 9.88.